The lowest BCUT2D eigenvalue weighted by molar-refractivity contribution is 0.102. The molecule has 1 aromatic heterocycles. The van der Waals surface area contributed by atoms with Gasteiger partial charge in [-0.15, -0.1) is 0 Å². The second kappa shape index (κ2) is 4.67. The molecular formula is C11H8BrFN2O2. The average Bonchev–Trinajstić information content (AvgIpc) is 2.70. The molecule has 2 rings (SSSR count). The standard InChI is InChI=1S/C11H8BrFN2O2/c1-6-8(5-14-17-6)11(16)15-10-4-7(13)2-3-9(10)12/h2-5H,1H3,(H,15,16). The molecule has 0 aliphatic carbocycles. The van der Waals surface area contributed by atoms with Gasteiger partial charge in [0.05, 0.1) is 11.9 Å². The van der Waals surface area contributed by atoms with Crippen molar-refractivity contribution in [2.75, 3.05) is 5.32 Å². The number of rotatable bonds is 2. The zero-order chi connectivity index (χ0) is 12.4. The SMILES string of the molecule is Cc1oncc1C(=O)Nc1cc(F)ccc1Br. The van der Waals surface area contributed by atoms with Crippen LogP contribution in [0.4, 0.5) is 10.1 Å². The second-order valence-corrected chi connectivity index (χ2v) is 4.23. The monoisotopic (exact) mass is 298 g/mol. The average molecular weight is 299 g/mol. The van der Waals surface area contributed by atoms with Gasteiger partial charge < -0.3 is 9.84 Å². The molecule has 88 valence electrons. The van der Waals surface area contributed by atoms with E-state index in [1.165, 1.54) is 24.4 Å². The molecule has 1 aromatic carbocycles. The van der Waals surface area contributed by atoms with Crippen molar-refractivity contribution >= 4 is 27.5 Å². The van der Waals surface area contributed by atoms with Crippen molar-refractivity contribution in [3.05, 3.63) is 46.0 Å². The summed E-state index contributed by atoms with van der Waals surface area (Å²) < 4.78 is 18.4. The molecule has 0 aliphatic heterocycles. The molecule has 0 radical (unpaired) electrons. The fourth-order valence-electron chi connectivity index (χ4n) is 1.30. The highest BCUT2D eigenvalue weighted by atomic mass is 79.9. The Kier molecular flexibility index (Phi) is 3.23. The van der Waals surface area contributed by atoms with Gasteiger partial charge in [-0.2, -0.15) is 0 Å². The van der Waals surface area contributed by atoms with Gasteiger partial charge >= 0.3 is 0 Å². The Balaban J connectivity index is 2.24. The minimum absolute atomic E-state index is 0.321. The highest BCUT2D eigenvalue weighted by Crippen LogP contribution is 2.23. The number of nitrogens with one attached hydrogen (secondary N) is 1. The second-order valence-electron chi connectivity index (χ2n) is 3.37. The lowest BCUT2D eigenvalue weighted by Crippen LogP contribution is -2.12. The summed E-state index contributed by atoms with van der Waals surface area (Å²) in [7, 11) is 0. The van der Waals surface area contributed by atoms with Crippen molar-refractivity contribution in [2.45, 2.75) is 6.92 Å². The number of hydrogen-bond donors (Lipinski definition) is 1. The smallest absolute Gasteiger partial charge is 0.260 e. The van der Waals surface area contributed by atoms with E-state index in [9.17, 15) is 9.18 Å². The van der Waals surface area contributed by atoms with Crippen LogP contribution in [0.25, 0.3) is 0 Å². The van der Waals surface area contributed by atoms with Crippen LogP contribution in [0.5, 0.6) is 0 Å². The molecule has 0 fully saturated rings. The first-order chi connectivity index (χ1) is 8.08. The van der Waals surface area contributed by atoms with Crippen LogP contribution < -0.4 is 5.32 Å². The highest BCUT2D eigenvalue weighted by Gasteiger charge is 2.14. The van der Waals surface area contributed by atoms with Crippen LogP contribution in [-0.4, -0.2) is 11.1 Å². The molecule has 0 unspecified atom stereocenters. The van der Waals surface area contributed by atoms with Gasteiger partial charge in [0, 0.05) is 4.47 Å². The first kappa shape index (κ1) is 11.8. The molecule has 2 aromatic rings. The van der Waals surface area contributed by atoms with Crippen molar-refractivity contribution in [3.8, 4) is 0 Å². The van der Waals surface area contributed by atoms with E-state index in [-0.39, 0.29) is 0 Å². The Hall–Kier alpha value is -1.69. The van der Waals surface area contributed by atoms with E-state index in [1.54, 1.807) is 6.92 Å². The maximum absolute atomic E-state index is 13.0. The molecule has 17 heavy (non-hydrogen) atoms. The third-order valence-corrected chi connectivity index (χ3v) is 2.86. The number of aromatic nitrogens is 1. The number of anilines is 1. The van der Waals surface area contributed by atoms with Gasteiger partial charge in [-0.3, -0.25) is 4.79 Å². The third kappa shape index (κ3) is 2.52. The molecule has 0 saturated heterocycles. The zero-order valence-electron chi connectivity index (χ0n) is 8.83. The van der Waals surface area contributed by atoms with E-state index >= 15 is 0 Å². The number of halogens is 2. The van der Waals surface area contributed by atoms with Crippen molar-refractivity contribution in [1.82, 2.24) is 5.16 Å². The number of carbonyl (C=O) groups is 1. The molecule has 1 heterocycles. The molecule has 6 heteroatoms. The van der Waals surface area contributed by atoms with Gasteiger partial charge in [0.15, 0.2) is 0 Å². The van der Waals surface area contributed by atoms with Crippen LogP contribution in [0.3, 0.4) is 0 Å². The highest BCUT2D eigenvalue weighted by molar-refractivity contribution is 9.10. The summed E-state index contributed by atoms with van der Waals surface area (Å²) in [6.07, 6.45) is 1.32. The van der Waals surface area contributed by atoms with E-state index in [0.717, 1.165) is 0 Å². The van der Waals surface area contributed by atoms with Gasteiger partial charge in [-0.25, -0.2) is 4.39 Å². The van der Waals surface area contributed by atoms with E-state index in [4.69, 9.17) is 4.52 Å². The molecule has 1 amide bonds. The molecule has 0 atom stereocenters. The Labute approximate surface area is 105 Å². The van der Waals surface area contributed by atoms with Crippen LogP contribution in [0.1, 0.15) is 16.1 Å². The van der Waals surface area contributed by atoms with Crippen LogP contribution in [0, 0.1) is 12.7 Å². The summed E-state index contributed by atoms with van der Waals surface area (Å²) in [6.45, 7) is 1.63. The molecule has 4 nitrogen and oxygen atoms in total. The predicted octanol–water partition coefficient (Wildman–Crippen LogP) is 3.14. The van der Waals surface area contributed by atoms with Crippen molar-refractivity contribution in [1.29, 1.82) is 0 Å². The normalized spacial score (nSPS) is 10.3. The molecule has 0 spiro atoms. The van der Waals surface area contributed by atoms with E-state index in [0.29, 0.717) is 21.5 Å². The Morgan fingerprint density at radius 3 is 2.94 bits per heavy atom. The van der Waals surface area contributed by atoms with Gasteiger partial charge in [-0.1, -0.05) is 5.16 Å². The van der Waals surface area contributed by atoms with Gasteiger partial charge in [0.1, 0.15) is 17.1 Å². The Morgan fingerprint density at radius 2 is 2.29 bits per heavy atom. The van der Waals surface area contributed by atoms with Crippen LogP contribution in [0.2, 0.25) is 0 Å². The Morgan fingerprint density at radius 1 is 1.53 bits per heavy atom. The molecule has 1 N–H and O–H groups in total. The summed E-state index contributed by atoms with van der Waals surface area (Å²) >= 11 is 3.22. The van der Waals surface area contributed by atoms with Crippen LogP contribution in [-0.2, 0) is 0 Å². The summed E-state index contributed by atoms with van der Waals surface area (Å²) in [4.78, 5) is 11.8. The maximum atomic E-state index is 13.0. The number of aryl methyl sites for hydroxylation is 1. The topological polar surface area (TPSA) is 55.1 Å². The van der Waals surface area contributed by atoms with Crippen LogP contribution >= 0.6 is 15.9 Å². The number of hydrogen-bond acceptors (Lipinski definition) is 3. The molecule has 0 bridgehead atoms. The lowest BCUT2D eigenvalue weighted by Gasteiger charge is -2.06. The van der Waals surface area contributed by atoms with Crippen molar-refractivity contribution in [2.24, 2.45) is 0 Å². The molecular weight excluding hydrogens is 291 g/mol. The van der Waals surface area contributed by atoms with E-state index in [2.05, 4.69) is 26.4 Å². The molecule has 0 saturated carbocycles. The summed E-state index contributed by atoms with van der Waals surface area (Å²) in [5.41, 5.74) is 0.678. The number of amides is 1. The fraction of sp³-hybridized carbons (Fsp3) is 0.0909. The van der Waals surface area contributed by atoms with E-state index < -0.39 is 11.7 Å². The minimum atomic E-state index is -0.425. The quantitative estimate of drug-likeness (QED) is 0.927. The van der Waals surface area contributed by atoms with Crippen molar-refractivity contribution in [3.63, 3.8) is 0 Å². The first-order valence-electron chi connectivity index (χ1n) is 4.75. The zero-order valence-corrected chi connectivity index (χ0v) is 10.4. The van der Waals surface area contributed by atoms with E-state index in [1.807, 2.05) is 0 Å². The largest absolute Gasteiger partial charge is 0.361 e. The Bertz CT molecular complexity index is 568. The third-order valence-electron chi connectivity index (χ3n) is 2.17. The van der Waals surface area contributed by atoms with Gasteiger partial charge in [-0.05, 0) is 41.1 Å². The lowest BCUT2D eigenvalue weighted by atomic mass is 10.2. The number of nitrogens with zero attached hydrogens (tertiary/aromatic N) is 1. The maximum Gasteiger partial charge on any atom is 0.260 e. The van der Waals surface area contributed by atoms with Gasteiger partial charge in [0.2, 0.25) is 0 Å². The summed E-state index contributed by atoms with van der Waals surface area (Å²) in [5, 5.41) is 6.07. The minimum Gasteiger partial charge on any atom is -0.361 e. The predicted molar refractivity (Wildman–Crippen MR) is 63.3 cm³/mol. The molecule has 0 aliphatic rings. The van der Waals surface area contributed by atoms with Gasteiger partial charge in [0.25, 0.3) is 5.91 Å². The summed E-state index contributed by atoms with van der Waals surface area (Å²) in [5.74, 6) is -0.407. The number of carbonyl (C=O) groups excluding carboxylic acids is 1. The van der Waals surface area contributed by atoms with Crippen LogP contribution in [0.15, 0.2) is 33.4 Å². The fourth-order valence-corrected chi connectivity index (χ4v) is 1.65. The first-order valence-corrected chi connectivity index (χ1v) is 5.55. The summed E-state index contributed by atoms with van der Waals surface area (Å²) in [6, 6.07) is 4.04. The number of benzene rings is 1. The van der Waals surface area contributed by atoms with Crippen molar-refractivity contribution < 1.29 is 13.7 Å².